The Bertz CT molecular complexity index is 711. The lowest BCUT2D eigenvalue weighted by atomic mass is 10.5. The number of H-pyrrole nitrogens is 1. The Balaban J connectivity index is 3.06. The molecule has 0 saturated carbocycles. The van der Waals surface area contributed by atoms with Crippen LogP contribution in [0.3, 0.4) is 0 Å². The molecule has 0 aliphatic rings. The molecular formula is C10H10N4O2. The summed E-state index contributed by atoms with van der Waals surface area (Å²) in [7, 11) is 1.55. The summed E-state index contributed by atoms with van der Waals surface area (Å²) < 4.78 is 2.43. The molecule has 0 fully saturated rings. The number of aryl methyl sites for hydroxylation is 1. The van der Waals surface area contributed by atoms with E-state index in [9.17, 15) is 9.59 Å². The first-order valence-corrected chi connectivity index (χ1v) is 4.76. The van der Waals surface area contributed by atoms with Crippen molar-refractivity contribution in [1.29, 1.82) is 0 Å². The number of imidazole rings is 1. The first-order valence-electron chi connectivity index (χ1n) is 4.76. The zero-order valence-electron chi connectivity index (χ0n) is 8.94. The van der Waals surface area contributed by atoms with Crippen molar-refractivity contribution in [3.63, 3.8) is 0 Å². The number of terminal acetylenes is 1. The van der Waals surface area contributed by atoms with Gasteiger partial charge < -0.3 is 4.98 Å². The summed E-state index contributed by atoms with van der Waals surface area (Å²) in [5.41, 5.74) is -0.241. The van der Waals surface area contributed by atoms with E-state index in [-0.39, 0.29) is 17.0 Å². The molecule has 6 heteroatoms. The standard InChI is InChI=1S/C10H10N4O2/c1-4-6-11-7-8(12-6)13(3)10(16)14(5-2)9(7)15/h1H,5H2,2-3H3,(H,11,12). The number of nitrogens with one attached hydrogen (secondary N) is 1. The Morgan fingerprint density at radius 2 is 2.19 bits per heavy atom. The van der Waals surface area contributed by atoms with Gasteiger partial charge in [0.2, 0.25) is 0 Å². The maximum absolute atomic E-state index is 11.9. The fraction of sp³-hybridized carbons (Fsp3) is 0.300. The number of rotatable bonds is 1. The van der Waals surface area contributed by atoms with Gasteiger partial charge in [-0.15, -0.1) is 6.42 Å². The van der Waals surface area contributed by atoms with Crippen molar-refractivity contribution in [2.24, 2.45) is 7.05 Å². The summed E-state index contributed by atoms with van der Waals surface area (Å²) in [5, 5.41) is 0. The second kappa shape index (κ2) is 3.38. The third-order valence-electron chi connectivity index (χ3n) is 2.43. The monoisotopic (exact) mass is 218 g/mol. The maximum atomic E-state index is 11.9. The molecule has 2 rings (SSSR count). The molecule has 82 valence electrons. The van der Waals surface area contributed by atoms with Crippen LogP contribution in [-0.4, -0.2) is 19.1 Å². The summed E-state index contributed by atoms with van der Waals surface area (Å²) in [6.07, 6.45) is 5.18. The zero-order chi connectivity index (χ0) is 11.9. The Hall–Kier alpha value is -2.29. The van der Waals surface area contributed by atoms with Crippen LogP contribution < -0.4 is 11.2 Å². The Morgan fingerprint density at radius 3 is 2.75 bits per heavy atom. The van der Waals surface area contributed by atoms with Crippen molar-refractivity contribution in [3.05, 3.63) is 26.7 Å². The highest BCUT2D eigenvalue weighted by molar-refractivity contribution is 5.70. The van der Waals surface area contributed by atoms with Gasteiger partial charge in [-0.1, -0.05) is 0 Å². The molecule has 2 heterocycles. The molecule has 1 N–H and O–H groups in total. The van der Waals surface area contributed by atoms with Crippen LogP contribution in [0.2, 0.25) is 0 Å². The fourth-order valence-corrected chi connectivity index (χ4v) is 1.60. The van der Waals surface area contributed by atoms with Crippen LogP contribution in [-0.2, 0) is 13.6 Å². The van der Waals surface area contributed by atoms with Crippen LogP contribution in [0.15, 0.2) is 9.59 Å². The largest absolute Gasteiger partial charge is 0.332 e. The predicted octanol–water partition coefficient (Wildman–Crippen LogP) is -0.576. The van der Waals surface area contributed by atoms with Gasteiger partial charge in [0, 0.05) is 13.6 Å². The van der Waals surface area contributed by atoms with Gasteiger partial charge in [0.1, 0.15) is 0 Å². The number of fused-ring (bicyclic) bond motifs is 1. The van der Waals surface area contributed by atoms with Crippen molar-refractivity contribution < 1.29 is 0 Å². The lowest BCUT2D eigenvalue weighted by Gasteiger charge is -2.03. The SMILES string of the molecule is C#Cc1nc2c([nH]1)c(=O)n(CC)c(=O)n2C. The van der Waals surface area contributed by atoms with Gasteiger partial charge in [0.15, 0.2) is 17.0 Å². The molecule has 0 aliphatic heterocycles. The van der Waals surface area contributed by atoms with Gasteiger partial charge in [-0.05, 0) is 12.8 Å². The molecule has 0 unspecified atom stereocenters. The van der Waals surface area contributed by atoms with E-state index < -0.39 is 11.2 Å². The first kappa shape index (κ1) is 10.2. The molecule has 2 aromatic heterocycles. The second-order valence-corrected chi connectivity index (χ2v) is 3.32. The lowest BCUT2D eigenvalue weighted by molar-refractivity contribution is 0.637. The molecule has 0 amide bonds. The van der Waals surface area contributed by atoms with Crippen molar-refractivity contribution >= 4 is 11.2 Å². The minimum absolute atomic E-state index is 0.246. The van der Waals surface area contributed by atoms with Crippen molar-refractivity contribution in [1.82, 2.24) is 19.1 Å². The van der Waals surface area contributed by atoms with Crippen molar-refractivity contribution in [3.8, 4) is 12.3 Å². The number of nitrogens with zero attached hydrogens (tertiary/aromatic N) is 3. The molecule has 2 aromatic rings. The quantitative estimate of drug-likeness (QED) is 0.651. The highest BCUT2D eigenvalue weighted by atomic mass is 16.2. The topological polar surface area (TPSA) is 72.7 Å². The summed E-state index contributed by atoms with van der Waals surface area (Å²) >= 11 is 0. The van der Waals surface area contributed by atoms with Crippen molar-refractivity contribution in [2.75, 3.05) is 0 Å². The average Bonchev–Trinajstić information content (AvgIpc) is 2.71. The van der Waals surface area contributed by atoms with E-state index in [1.165, 1.54) is 4.57 Å². The van der Waals surface area contributed by atoms with Gasteiger partial charge in [-0.2, -0.15) is 0 Å². The molecule has 0 radical (unpaired) electrons. The van der Waals surface area contributed by atoms with Crippen LogP contribution in [0.4, 0.5) is 0 Å². The third kappa shape index (κ3) is 1.18. The molecule has 0 saturated heterocycles. The second-order valence-electron chi connectivity index (χ2n) is 3.32. The number of aromatic amines is 1. The average molecular weight is 218 g/mol. The predicted molar refractivity (Wildman–Crippen MR) is 59.2 cm³/mol. The molecule has 0 atom stereocenters. The van der Waals surface area contributed by atoms with Gasteiger partial charge >= 0.3 is 5.69 Å². The minimum Gasteiger partial charge on any atom is -0.325 e. The fourth-order valence-electron chi connectivity index (χ4n) is 1.60. The Labute approximate surface area is 90.5 Å². The van der Waals surface area contributed by atoms with E-state index in [1.54, 1.807) is 14.0 Å². The molecule has 0 aromatic carbocycles. The van der Waals surface area contributed by atoms with E-state index in [0.29, 0.717) is 6.54 Å². The van der Waals surface area contributed by atoms with Crippen molar-refractivity contribution in [2.45, 2.75) is 13.5 Å². The highest BCUT2D eigenvalue weighted by Crippen LogP contribution is 2.02. The summed E-state index contributed by atoms with van der Waals surface area (Å²) in [6, 6.07) is 0. The zero-order valence-corrected chi connectivity index (χ0v) is 8.94. The normalized spacial score (nSPS) is 10.6. The van der Waals surface area contributed by atoms with Gasteiger partial charge in [0.05, 0.1) is 0 Å². The number of hydrogen-bond donors (Lipinski definition) is 1. The molecule has 0 bridgehead atoms. The van der Waals surface area contributed by atoms with Crippen LogP contribution in [0.25, 0.3) is 11.2 Å². The highest BCUT2D eigenvalue weighted by Gasteiger charge is 2.13. The number of aromatic nitrogens is 4. The molecule has 16 heavy (non-hydrogen) atoms. The van der Waals surface area contributed by atoms with E-state index >= 15 is 0 Å². The molecule has 0 spiro atoms. The van der Waals surface area contributed by atoms with Crippen LogP contribution >= 0.6 is 0 Å². The summed E-state index contributed by atoms with van der Waals surface area (Å²) in [4.78, 5) is 30.3. The lowest BCUT2D eigenvalue weighted by Crippen LogP contribution is -2.38. The van der Waals surface area contributed by atoms with E-state index in [0.717, 1.165) is 4.57 Å². The van der Waals surface area contributed by atoms with Crippen LogP contribution in [0.1, 0.15) is 12.7 Å². The Kier molecular flexibility index (Phi) is 2.16. The number of hydrogen-bond acceptors (Lipinski definition) is 3. The van der Waals surface area contributed by atoms with E-state index in [1.807, 2.05) is 0 Å². The summed E-state index contributed by atoms with van der Waals surface area (Å²) in [5.74, 6) is 2.54. The maximum Gasteiger partial charge on any atom is 0.332 e. The molecule has 0 aliphatic carbocycles. The van der Waals surface area contributed by atoms with E-state index in [2.05, 4.69) is 15.9 Å². The van der Waals surface area contributed by atoms with Gasteiger partial charge in [-0.3, -0.25) is 13.9 Å². The third-order valence-corrected chi connectivity index (χ3v) is 2.43. The van der Waals surface area contributed by atoms with Gasteiger partial charge in [-0.25, -0.2) is 9.78 Å². The first-order chi connectivity index (χ1) is 7.60. The molecular weight excluding hydrogens is 208 g/mol. The smallest absolute Gasteiger partial charge is 0.325 e. The van der Waals surface area contributed by atoms with Gasteiger partial charge in [0.25, 0.3) is 5.56 Å². The van der Waals surface area contributed by atoms with Crippen LogP contribution in [0.5, 0.6) is 0 Å². The van der Waals surface area contributed by atoms with E-state index in [4.69, 9.17) is 6.42 Å². The minimum atomic E-state index is -0.394. The molecule has 6 nitrogen and oxygen atoms in total. The van der Waals surface area contributed by atoms with Crippen LogP contribution in [0, 0.1) is 12.3 Å². The Morgan fingerprint density at radius 1 is 1.50 bits per heavy atom. The summed E-state index contributed by atoms with van der Waals surface area (Å²) in [6.45, 7) is 2.04.